The molecule has 1 amide bonds. The van der Waals surface area contributed by atoms with Gasteiger partial charge >= 0.3 is 0 Å². The lowest BCUT2D eigenvalue weighted by Crippen LogP contribution is -2.05. The second-order valence-electron chi connectivity index (χ2n) is 5.23. The minimum Gasteiger partial charge on any atom is -0.326 e. The smallest absolute Gasteiger partial charge is 0.221 e. The van der Waals surface area contributed by atoms with Crippen LogP contribution < -0.4 is 5.32 Å². The van der Waals surface area contributed by atoms with Crippen LogP contribution in [0.1, 0.15) is 12.5 Å². The number of nitrogens with zero attached hydrogens (tertiary/aromatic N) is 1. The van der Waals surface area contributed by atoms with Crippen LogP contribution >= 0.6 is 11.3 Å². The Bertz CT molecular complexity index is 873. The first-order chi connectivity index (χ1) is 11.0. The fraction of sp³-hybridized carbons (Fsp3) is 0.111. The molecule has 5 heteroatoms. The Hall–Kier alpha value is -2.53. The topological polar surface area (TPSA) is 42.0 Å². The zero-order valence-corrected chi connectivity index (χ0v) is 13.6. The summed E-state index contributed by atoms with van der Waals surface area (Å²) >= 11 is 1.49. The molecule has 0 fully saturated rings. The van der Waals surface area contributed by atoms with Crippen molar-refractivity contribution >= 4 is 22.9 Å². The number of nitrogens with one attached hydrogen (secondary N) is 1. The summed E-state index contributed by atoms with van der Waals surface area (Å²) in [6.07, 6.45) is 0. The summed E-state index contributed by atoms with van der Waals surface area (Å²) in [5, 5.41) is 5.28. The third-order valence-electron chi connectivity index (χ3n) is 3.45. The summed E-state index contributed by atoms with van der Waals surface area (Å²) < 4.78 is 14.3. The number of aryl methyl sites for hydroxylation is 1. The summed E-state index contributed by atoms with van der Waals surface area (Å²) in [5.74, 6) is -0.634. The number of benzene rings is 2. The second kappa shape index (κ2) is 6.30. The number of thiazole rings is 1. The predicted octanol–water partition coefficient (Wildman–Crippen LogP) is 4.88. The van der Waals surface area contributed by atoms with Gasteiger partial charge in [-0.05, 0) is 30.7 Å². The maximum absolute atomic E-state index is 14.3. The van der Waals surface area contributed by atoms with E-state index in [2.05, 4.69) is 10.3 Å². The molecule has 0 aliphatic rings. The van der Waals surface area contributed by atoms with Crippen LogP contribution in [0.2, 0.25) is 0 Å². The van der Waals surface area contributed by atoms with Gasteiger partial charge in [0.05, 0.1) is 5.69 Å². The van der Waals surface area contributed by atoms with E-state index in [-0.39, 0.29) is 5.91 Å². The Morgan fingerprint density at radius 1 is 1.17 bits per heavy atom. The maximum Gasteiger partial charge on any atom is 0.221 e. The van der Waals surface area contributed by atoms with Crippen LogP contribution in [-0.4, -0.2) is 10.9 Å². The van der Waals surface area contributed by atoms with Gasteiger partial charge < -0.3 is 5.32 Å². The van der Waals surface area contributed by atoms with Crippen molar-refractivity contribution in [2.24, 2.45) is 0 Å². The van der Waals surface area contributed by atoms with Crippen LogP contribution in [0.3, 0.4) is 0 Å². The van der Waals surface area contributed by atoms with Gasteiger partial charge in [-0.1, -0.05) is 24.3 Å². The van der Waals surface area contributed by atoms with Crippen LogP contribution in [0.4, 0.5) is 10.1 Å². The molecule has 23 heavy (non-hydrogen) atoms. The van der Waals surface area contributed by atoms with Gasteiger partial charge in [0, 0.05) is 29.1 Å². The molecule has 0 spiro atoms. The number of amides is 1. The van der Waals surface area contributed by atoms with Crippen molar-refractivity contribution in [1.29, 1.82) is 0 Å². The quantitative estimate of drug-likeness (QED) is 0.745. The monoisotopic (exact) mass is 326 g/mol. The predicted molar refractivity (Wildman–Crippen MR) is 92.0 cm³/mol. The summed E-state index contributed by atoms with van der Waals surface area (Å²) in [6, 6.07) is 12.6. The van der Waals surface area contributed by atoms with Crippen molar-refractivity contribution in [2.45, 2.75) is 13.8 Å². The first-order valence-electron chi connectivity index (χ1n) is 7.13. The highest BCUT2D eigenvalue weighted by Gasteiger charge is 2.12. The van der Waals surface area contributed by atoms with Gasteiger partial charge in [-0.3, -0.25) is 4.79 Å². The Balaban J connectivity index is 1.95. The van der Waals surface area contributed by atoms with Gasteiger partial charge in [-0.15, -0.1) is 11.3 Å². The van der Waals surface area contributed by atoms with Crippen LogP contribution in [0.15, 0.2) is 47.8 Å². The molecule has 1 N–H and O–H groups in total. The molecule has 3 rings (SSSR count). The third kappa shape index (κ3) is 3.29. The molecule has 3 nitrogen and oxygen atoms in total. The van der Waals surface area contributed by atoms with Crippen molar-refractivity contribution in [3.63, 3.8) is 0 Å². The van der Waals surface area contributed by atoms with Crippen molar-refractivity contribution in [3.8, 4) is 21.8 Å². The number of carbonyl (C=O) groups is 1. The highest BCUT2D eigenvalue weighted by molar-refractivity contribution is 7.13. The van der Waals surface area contributed by atoms with E-state index in [0.29, 0.717) is 16.9 Å². The number of hydrogen-bond donors (Lipinski definition) is 1. The number of hydrogen-bond acceptors (Lipinski definition) is 3. The lowest BCUT2D eigenvalue weighted by Gasteiger charge is -2.05. The number of aromatic nitrogens is 1. The molecule has 1 heterocycles. The van der Waals surface area contributed by atoms with Gasteiger partial charge in [-0.2, -0.15) is 0 Å². The van der Waals surface area contributed by atoms with E-state index < -0.39 is 5.82 Å². The van der Waals surface area contributed by atoms with Crippen LogP contribution in [-0.2, 0) is 4.79 Å². The lowest BCUT2D eigenvalue weighted by atomic mass is 10.1. The molecule has 2 aromatic carbocycles. The molecule has 0 saturated heterocycles. The molecule has 0 saturated carbocycles. The minimum absolute atomic E-state index is 0.229. The molecule has 0 radical (unpaired) electrons. The average molecular weight is 326 g/mol. The highest BCUT2D eigenvalue weighted by atomic mass is 32.1. The summed E-state index contributed by atoms with van der Waals surface area (Å²) in [6.45, 7) is 3.42. The summed E-state index contributed by atoms with van der Waals surface area (Å²) in [5.41, 5.74) is 3.65. The van der Waals surface area contributed by atoms with E-state index in [9.17, 15) is 9.18 Å². The second-order valence-corrected chi connectivity index (χ2v) is 6.09. The SMILES string of the molecule is CC(=O)Nc1ccc(-c2csc(-c3ccccc3C)n2)c(F)c1. The molecular weight excluding hydrogens is 311 g/mol. The molecule has 0 unspecified atom stereocenters. The molecule has 0 aliphatic heterocycles. The van der Waals surface area contributed by atoms with Gasteiger partial charge in [0.15, 0.2) is 0 Å². The summed E-state index contributed by atoms with van der Waals surface area (Å²) in [4.78, 5) is 15.6. The molecule has 1 aromatic heterocycles. The van der Waals surface area contributed by atoms with Crippen molar-refractivity contribution in [3.05, 3.63) is 59.2 Å². The molecule has 0 atom stereocenters. The van der Waals surface area contributed by atoms with E-state index in [0.717, 1.165) is 16.1 Å². The molecule has 3 aromatic rings. The Labute approximate surface area is 137 Å². The van der Waals surface area contributed by atoms with Crippen LogP contribution in [0.25, 0.3) is 21.8 Å². The van der Waals surface area contributed by atoms with E-state index in [4.69, 9.17) is 0 Å². The Kier molecular flexibility index (Phi) is 4.21. The zero-order chi connectivity index (χ0) is 16.4. The summed E-state index contributed by atoms with van der Waals surface area (Å²) in [7, 11) is 0. The Morgan fingerprint density at radius 3 is 2.65 bits per heavy atom. The number of halogens is 1. The Morgan fingerprint density at radius 2 is 1.96 bits per heavy atom. The maximum atomic E-state index is 14.3. The average Bonchev–Trinajstić information content (AvgIpc) is 2.96. The van der Waals surface area contributed by atoms with Gasteiger partial charge in [-0.25, -0.2) is 9.37 Å². The fourth-order valence-electron chi connectivity index (χ4n) is 2.34. The third-order valence-corrected chi connectivity index (χ3v) is 4.32. The minimum atomic E-state index is -0.405. The van der Waals surface area contributed by atoms with E-state index in [1.165, 1.54) is 24.3 Å². The van der Waals surface area contributed by atoms with Crippen LogP contribution in [0.5, 0.6) is 0 Å². The first kappa shape index (κ1) is 15.4. The van der Waals surface area contributed by atoms with E-state index in [1.807, 2.05) is 36.6 Å². The standard InChI is InChI=1S/C18H15FN2OS/c1-11-5-3-4-6-14(11)18-21-17(10-23-18)15-8-7-13(9-16(15)19)20-12(2)22/h3-10H,1-2H3,(H,20,22). The fourth-order valence-corrected chi connectivity index (χ4v) is 3.25. The van der Waals surface area contributed by atoms with Crippen molar-refractivity contribution in [2.75, 3.05) is 5.32 Å². The molecule has 116 valence electrons. The van der Waals surface area contributed by atoms with Crippen molar-refractivity contribution < 1.29 is 9.18 Å². The first-order valence-corrected chi connectivity index (χ1v) is 8.01. The largest absolute Gasteiger partial charge is 0.326 e. The van der Waals surface area contributed by atoms with Gasteiger partial charge in [0.2, 0.25) is 5.91 Å². The van der Waals surface area contributed by atoms with Gasteiger partial charge in [0.25, 0.3) is 0 Å². The normalized spacial score (nSPS) is 10.6. The highest BCUT2D eigenvalue weighted by Crippen LogP contribution is 2.32. The van der Waals surface area contributed by atoms with Gasteiger partial charge in [0.1, 0.15) is 10.8 Å². The number of anilines is 1. The van der Waals surface area contributed by atoms with Crippen LogP contribution in [0, 0.1) is 12.7 Å². The number of rotatable bonds is 3. The zero-order valence-electron chi connectivity index (χ0n) is 12.8. The number of carbonyl (C=O) groups excluding carboxylic acids is 1. The lowest BCUT2D eigenvalue weighted by molar-refractivity contribution is -0.114. The molecule has 0 aliphatic carbocycles. The van der Waals surface area contributed by atoms with E-state index >= 15 is 0 Å². The van der Waals surface area contributed by atoms with Crippen molar-refractivity contribution in [1.82, 2.24) is 4.98 Å². The molecular formula is C18H15FN2OS. The molecule has 0 bridgehead atoms. The van der Waals surface area contributed by atoms with E-state index in [1.54, 1.807) is 12.1 Å².